The molecule has 38 heavy (non-hydrogen) atoms. The van der Waals surface area contributed by atoms with E-state index in [0.29, 0.717) is 10.0 Å². The van der Waals surface area contributed by atoms with Crippen LogP contribution in [0, 0.1) is 13.8 Å². The number of halogens is 3. The third kappa shape index (κ3) is 5.73. The maximum absolute atomic E-state index is 13.4. The fraction of sp³-hybridized carbons (Fsp3) is 0.111. The molecule has 4 rings (SSSR count). The molecule has 7 nitrogen and oxygen atoms in total. The standard InChI is InChI=1S/C27H23Cl3N4O3S/c1-18-15-20(19(2)34(18)25-14-8-12-23(29)27(25)30)16-31-32-26(35)17-33(24-13-7-6-11-22(24)28)38(36,37)21-9-4-3-5-10-21/h3-16H,17H2,1-2H3,(H,32,35)/b31-16-. The minimum atomic E-state index is -4.09. The molecule has 0 saturated carbocycles. The van der Waals surface area contributed by atoms with Crippen LogP contribution in [0.1, 0.15) is 17.0 Å². The Balaban J connectivity index is 1.57. The Bertz CT molecular complexity index is 1620. The lowest BCUT2D eigenvalue weighted by Crippen LogP contribution is -2.39. The Kier molecular flexibility index (Phi) is 8.47. The van der Waals surface area contributed by atoms with Crippen LogP contribution in [0.5, 0.6) is 0 Å². The Morgan fingerprint density at radius 3 is 2.32 bits per heavy atom. The number of carbonyl (C=O) groups is 1. The second-order valence-corrected chi connectivity index (χ2v) is 11.4. The van der Waals surface area contributed by atoms with Crippen molar-refractivity contribution in [3.63, 3.8) is 0 Å². The van der Waals surface area contributed by atoms with Crippen molar-refractivity contribution in [3.8, 4) is 5.69 Å². The Labute approximate surface area is 236 Å². The van der Waals surface area contributed by atoms with Gasteiger partial charge in [0.1, 0.15) is 6.54 Å². The molecule has 0 spiro atoms. The Morgan fingerprint density at radius 1 is 0.947 bits per heavy atom. The summed E-state index contributed by atoms with van der Waals surface area (Å²) in [5, 5.41) is 5.11. The number of amides is 1. The molecule has 0 bridgehead atoms. The second kappa shape index (κ2) is 11.6. The Morgan fingerprint density at radius 2 is 1.61 bits per heavy atom. The summed E-state index contributed by atoms with van der Waals surface area (Å²) in [6.07, 6.45) is 1.49. The van der Waals surface area contributed by atoms with E-state index in [2.05, 4.69) is 10.5 Å². The minimum Gasteiger partial charge on any atom is -0.316 e. The first-order chi connectivity index (χ1) is 18.1. The van der Waals surface area contributed by atoms with Gasteiger partial charge in [0.2, 0.25) is 0 Å². The van der Waals surface area contributed by atoms with Gasteiger partial charge >= 0.3 is 0 Å². The summed E-state index contributed by atoms with van der Waals surface area (Å²) < 4.78 is 29.7. The highest BCUT2D eigenvalue weighted by molar-refractivity contribution is 7.92. The van der Waals surface area contributed by atoms with Gasteiger partial charge in [0.05, 0.1) is 37.6 Å². The van der Waals surface area contributed by atoms with Crippen molar-refractivity contribution in [3.05, 3.63) is 111 Å². The molecule has 1 amide bonds. The topological polar surface area (TPSA) is 83.8 Å². The zero-order valence-corrected chi connectivity index (χ0v) is 23.5. The minimum absolute atomic E-state index is 0.0309. The van der Waals surface area contributed by atoms with E-state index < -0.39 is 22.5 Å². The third-order valence-corrected chi connectivity index (χ3v) is 8.68. The van der Waals surface area contributed by atoms with Crippen LogP contribution in [0.15, 0.2) is 88.9 Å². The molecule has 0 unspecified atom stereocenters. The number of sulfonamides is 1. The van der Waals surface area contributed by atoms with Crippen LogP contribution >= 0.6 is 34.8 Å². The van der Waals surface area contributed by atoms with Crippen LogP contribution in [0.2, 0.25) is 15.1 Å². The number of hydrogen-bond donors (Lipinski definition) is 1. The quantitative estimate of drug-likeness (QED) is 0.191. The number of hydrazone groups is 1. The van der Waals surface area contributed by atoms with Crippen LogP contribution < -0.4 is 9.73 Å². The van der Waals surface area contributed by atoms with Crippen molar-refractivity contribution < 1.29 is 13.2 Å². The lowest BCUT2D eigenvalue weighted by Gasteiger charge is -2.24. The smallest absolute Gasteiger partial charge is 0.264 e. The van der Waals surface area contributed by atoms with E-state index in [1.54, 1.807) is 42.5 Å². The fourth-order valence-corrected chi connectivity index (χ4v) is 6.10. The number of para-hydroxylation sites is 1. The highest BCUT2D eigenvalue weighted by Gasteiger charge is 2.28. The van der Waals surface area contributed by atoms with Gasteiger partial charge in [0, 0.05) is 17.0 Å². The molecule has 3 aromatic carbocycles. The van der Waals surface area contributed by atoms with E-state index in [1.165, 1.54) is 24.4 Å². The number of carbonyl (C=O) groups excluding carboxylic acids is 1. The molecule has 0 radical (unpaired) electrons. The number of aryl methyl sites for hydroxylation is 1. The molecule has 1 N–H and O–H groups in total. The van der Waals surface area contributed by atoms with Gasteiger partial charge in [-0.15, -0.1) is 0 Å². The van der Waals surface area contributed by atoms with E-state index in [1.807, 2.05) is 36.6 Å². The predicted octanol–water partition coefficient (Wildman–Crippen LogP) is 6.40. The first kappa shape index (κ1) is 27.7. The van der Waals surface area contributed by atoms with Gasteiger partial charge in [0.15, 0.2) is 0 Å². The van der Waals surface area contributed by atoms with Crippen LogP contribution in [0.4, 0.5) is 5.69 Å². The normalized spacial score (nSPS) is 11.6. The molecule has 0 saturated heterocycles. The summed E-state index contributed by atoms with van der Waals surface area (Å²) in [5.74, 6) is -0.646. The molecule has 196 valence electrons. The molecule has 0 atom stereocenters. The summed E-state index contributed by atoms with van der Waals surface area (Å²) in [4.78, 5) is 12.9. The largest absolute Gasteiger partial charge is 0.316 e. The molecule has 4 aromatic rings. The highest BCUT2D eigenvalue weighted by Crippen LogP contribution is 2.32. The molecular weight excluding hydrogens is 567 g/mol. The van der Waals surface area contributed by atoms with Gasteiger partial charge in [-0.25, -0.2) is 13.8 Å². The van der Waals surface area contributed by atoms with Gasteiger partial charge in [-0.2, -0.15) is 5.10 Å². The number of hydrogen-bond acceptors (Lipinski definition) is 4. The molecule has 0 aliphatic carbocycles. The summed E-state index contributed by atoms with van der Waals surface area (Å²) in [7, 11) is -4.09. The number of rotatable bonds is 8. The number of aromatic nitrogens is 1. The van der Waals surface area contributed by atoms with Crippen molar-refractivity contribution >= 4 is 62.6 Å². The molecular formula is C27H23Cl3N4O3S. The van der Waals surface area contributed by atoms with Crippen molar-refractivity contribution in [1.82, 2.24) is 9.99 Å². The van der Waals surface area contributed by atoms with Gasteiger partial charge in [-0.1, -0.05) is 71.2 Å². The van der Waals surface area contributed by atoms with Crippen LogP contribution in [-0.4, -0.2) is 31.7 Å². The van der Waals surface area contributed by atoms with Gasteiger partial charge < -0.3 is 4.57 Å². The van der Waals surface area contributed by atoms with E-state index in [9.17, 15) is 13.2 Å². The van der Waals surface area contributed by atoms with Crippen molar-refractivity contribution in [2.45, 2.75) is 18.7 Å². The molecule has 1 heterocycles. The first-order valence-electron chi connectivity index (χ1n) is 11.4. The maximum atomic E-state index is 13.4. The third-order valence-electron chi connectivity index (χ3n) is 5.77. The molecule has 0 aliphatic rings. The zero-order chi connectivity index (χ0) is 27.4. The van der Waals surface area contributed by atoms with Gasteiger partial charge in [-0.05, 0) is 56.3 Å². The summed E-state index contributed by atoms with van der Waals surface area (Å²) in [5.41, 5.74) is 5.77. The Hall–Kier alpha value is -3.30. The predicted molar refractivity (Wildman–Crippen MR) is 153 cm³/mol. The SMILES string of the molecule is Cc1cc(/C=N\NC(=O)CN(c2ccccc2Cl)S(=O)(=O)c2ccccc2)c(C)n1-c1cccc(Cl)c1Cl. The van der Waals surface area contributed by atoms with Crippen LogP contribution in [0.3, 0.4) is 0 Å². The average molecular weight is 590 g/mol. The van der Waals surface area contributed by atoms with Crippen molar-refractivity contribution in [2.24, 2.45) is 5.10 Å². The number of benzene rings is 3. The zero-order valence-electron chi connectivity index (χ0n) is 20.4. The summed E-state index contributed by atoms with van der Waals surface area (Å²) in [6.45, 7) is 3.27. The van der Waals surface area contributed by atoms with Crippen LogP contribution in [-0.2, 0) is 14.8 Å². The average Bonchev–Trinajstić information content (AvgIpc) is 3.17. The van der Waals surface area contributed by atoms with Gasteiger partial charge in [0.25, 0.3) is 15.9 Å². The van der Waals surface area contributed by atoms with Crippen molar-refractivity contribution in [1.29, 1.82) is 0 Å². The number of nitrogens with zero attached hydrogens (tertiary/aromatic N) is 3. The number of nitrogens with one attached hydrogen (secondary N) is 1. The molecule has 1 aromatic heterocycles. The maximum Gasteiger partial charge on any atom is 0.264 e. The molecule has 0 aliphatic heterocycles. The molecule has 0 fully saturated rings. The van der Waals surface area contributed by atoms with Crippen molar-refractivity contribution in [2.75, 3.05) is 10.8 Å². The highest BCUT2D eigenvalue weighted by atomic mass is 35.5. The molecule has 11 heteroatoms. The number of anilines is 1. The summed E-state index contributed by atoms with van der Waals surface area (Å²) >= 11 is 18.9. The summed E-state index contributed by atoms with van der Waals surface area (Å²) in [6, 6.07) is 21.5. The monoisotopic (exact) mass is 588 g/mol. The van der Waals surface area contributed by atoms with Crippen LogP contribution in [0.25, 0.3) is 5.69 Å². The lowest BCUT2D eigenvalue weighted by molar-refractivity contribution is -0.119. The first-order valence-corrected chi connectivity index (χ1v) is 14.0. The van der Waals surface area contributed by atoms with Gasteiger partial charge in [-0.3, -0.25) is 9.10 Å². The van der Waals surface area contributed by atoms with E-state index in [-0.39, 0.29) is 15.6 Å². The van der Waals surface area contributed by atoms with E-state index in [0.717, 1.165) is 26.9 Å². The fourth-order valence-electron chi connectivity index (χ4n) is 3.97. The lowest BCUT2D eigenvalue weighted by atomic mass is 10.2. The second-order valence-electron chi connectivity index (χ2n) is 8.30. The van der Waals surface area contributed by atoms with E-state index in [4.69, 9.17) is 34.8 Å². The van der Waals surface area contributed by atoms with E-state index >= 15 is 0 Å².